The van der Waals surface area contributed by atoms with E-state index in [1.165, 1.54) is 11.3 Å². The van der Waals surface area contributed by atoms with E-state index in [1.54, 1.807) is 11.3 Å². The van der Waals surface area contributed by atoms with Crippen molar-refractivity contribution in [3.63, 3.8) is 0 Å². The van der Waals surface area contributed by atoms with Crippen LogP contribution in [-0.4, -0.2) is 23.4 Å². The van der Waals surface area contributed by atoms with E-state index in [4.69, 9.17) is 0 Å². The predicted molar refractivity (Wildman–Crippen MR) is 68.0 cm³/mol. The maximum Gasteiger partial charge on any atom is 0.254 e. The lowest BCUT2D eigenvalue weighted by Gasteiger charge is -2.33. The molecule has 16 heavy (non-hydrogen) atoms. The minimum atomic E-state index is 0.225. The van der Waals surface area contributed by atoms with E-state index in [0.717, 1.165) is 31.4 Å². The van der Waals surface area contributed by atoms with Gasteiger partial charge in [0, 0.05) is 22.8 Å². The van der Waals surface area contributed by atoms with Crippen LogP contribution in [0.25, 0.3) is 0 Å². The number of rotatable bonds is 2. The van der Waals surface area contributed by atoms with Crippen LogP contribution >= 0.6 is 11.3 Å². The lowest BCUT2D eigenvalue weighted by atomic mass is 10.0. The maximum atomic E-state index is 12.3. The molecule has 2 heterocycles. The third-order valence-corrected chi connectivity index (χ3v) is 4.39. The Labute approximate surface area is 101 Å². The Morgan fingerprint density at radius 3 is 3.00 bits per heavy atom. The second-order valence-corrected chi connectivity index (χ2v) is 5.49. The molecule has 88 valence electrons. The minimum absolute atomic E-state index is 0.225. The number of amides is 1. The molecule has 3 heteroatoms. The van der Waals surface area contributed by atoms with Crippen LogP contribution in [0.1, 0.15) is 48.3 Å². The Bertz CT molecular complexity index is 372. The number of hydrogen-bond donors (Lipinski definition) is 0. The molecule has 2 nitrogen and oxygen atoms in total. The Kier molecular flexibility index (Phi) is 3.64. The van der Waals surface area contributed by atoms with Crippen LogP contribution in [-0.2, 0) is 6.42 Å². The lowest BCUT2D eigenvalue weighted by Crippen LogP contribution is -2.41. The zero-order valence-electron chi connectivity index (χ0n) is 10.0. The number of piperidine rings is 1. The molecule has 0 bridgehead atoms. The van der Waals surface area contributed by atoms with Crippen molar-refractivity contribution in [2.75, 3.05) is 6.54 Å². The number of carbonyl (C=O) groups excluding carboxylic acids is 1. The molecule has 1 amide bonds. The molecule has 0 N–H and O–H groups in total. The van der Waals surface area contributed by atoms with Crippen molar-refractivity contribution in [3.05, 3.63) is 21.9 Å². The minimum Gasteiger partial charge on any atom is -0.336 e. The SMILES string of the molecule is CCc1cc(C(=O)N2CCCCC2C)cs1. The van der Waals surface area contributed by atoms with E-state index in [-0.39, 0.29) is 5.91 Å². The second kappa shape index (κ2) is 5.00. The fourth-order valence-electron chi connectivity index (χ4n) is 2.24. The summed E-state index contributed by atoms with van der Waals surface area (Å²) in [6.07, 6.45) is 4.58. The van der Waals surface area contributed by atoms with Crippen molar-refractivity contribution in [1.82, 2.24) is 4.90 Å². The first-order valence-corrected chi connectivity index (χ1v) is 6.98. The van der Waals surface area contributed by atoms with Gasteiger partial charge in [0.15, 0.2) is 0 Å². The number of nitrogens with zero attached hydrogens (tertiary/aromatic N) is 1. The van der Waals surface area contributed by atoms with Crippen LogP contribution in [0.2, 0.25) is 0 Å². The summed E-state index contributed by atoms with van der Waals surface area (Å²) in [6.45, 7) is 5.21. The van der Waals surface area contributed by atoms with Gasteiger partial charge in [0.2, 0.25) is 0 Å². The van der Waals surface area contributed by atoms with Crippen molar-refractivity contribution < 1.29 is 4.79 Å². The third-order valence-electron chi connectivity index (χ3n) is 3.31. The molecule has 0 aromatic carbocycles. The highest BCUT2D eigenvalue weighted by Gasteiger charge is 2.24. The van der Waals surface area contributed by atoms with Gasteiger partial charge in [-0.25, -0.2) is 0 Å². The summed E-state index contributed by atoms with van der Waals surface area (Å²) in [6, 6.07) is 2.46. The fraction of sp³-hybridized carbons (Fsp3) is 0.615. The molecule has 1 aromatic rings. The van der Waals surface area contributed by atoms with Crippen LogP contribution < -0.4 is 0 Å². The topological polar surface area (TPSA) is 20.3 Å². The van der Waals surface area contributed by atoms with E-state index in [0.29, 0.717) is 6.04 Å². The zero-order chi connectivity index (χ0) is 11.5. The first kappa shape index (κ1) is 11.6. The summed E-state index contributed by atoms with van der Waals surface area (Å²) < 4.78 is 0. The standard InChI is InChI=1S/C13H19NOS/c1-3-12-8-11(9-16-12)13(15)14-7-5-4-6-10(14)2/h8-10H,3-7H2,1-2H3. The van der Waals surface area contributed by atoms with Crippen molar-refractivity contribution in [2.45, 2.75) is 45.6 Å². The van der Waals surface area contributed by atoms with Gasteiger partial charge in [-0.2, -0.15) is 0 Å². The van der Waals surface area contributed by atoms with Gasteiger partial charge >= 0.3 is 0 Å². The van der Waals surface area contributed by atoms with Crippen molar-refractivity contribution in [1.29, 1.82) is 0 Å². The molecule has 1 fully saturated rings. The monoisotopic (exact) mass is 237 g/mol. The number of carbonyl (C=O) groups is 1. The Hall–Kier alpha value is -0.830. The fourth-order valence-corrected chi connectivity index (χ4v) is 3.05. The van der Waals surface area contributed by atoms with E-state index < -0.39 is 0 Å². The van der Waals surface area contributed by atoms with Gasteiger partial charge in [0.05, 0.1) is 5.56 Å². The van der Waals surface area contributed by atoms with Gasteiger partial charge in [0.25, 0.3) is 5.91 Å². The molecule has 1 atom stereocenters. The van der Waals surface area contributed by atoms with E-state index in [9.17, 15) is 4.79 Å². The first-order chi connectivity index (χ1) is 7.72. The molecule has 0 aliphatic carbocycles. The van der Waals surface area contributed by atoms with E-state index in [1.807, 2.05) is 16.3 Å². The van der Waals surface area contributed by atoms with Gasteiger partial charge in [0.1, 0.15) is 0 Å². The Balaban J connectivity index is 2.11. The molecule has 2 rings (SSSR count). The number of likely N-dealkylation sites (tertiary alicyclic amines) is 1. The summed E-state index contributed by atoms with van der Waals surface area (Å²) in [5.41, 5.74) is 0.885. The van der Waals surface area contributed by atoms with Crippen molar-refractivity contribution in [2.24, 2.45) is 0 Å². The maximum absolute atomic E-state index is 12.3. The molecule has 0 radical (unpaired) electrons. The number of hydrogen-bond acceptors (Lipinski definition) is 2. The predicted octanol–water partition coefficient (Wildman–Crippen LogP) is 3.33. The van der Waals surface area contributed by atoms with Gasteiger partial charge in [-0.3, -0.25) is 4.79 Å². The molecule has 1 aliphatic heterocycles. The summed E-state index contributed by atoms with van der Waals surface area (Å²) >= 11 is 1.70. The number of aryl methyl sites for hydroxylation is 1. The van der Waals surface area contributed by atoms with Crippen molar-refractivity contribution >= 4 is 17.2 Å². The Morgan fingerprint density at radius 2 is 2.38 bits per heavy atom. The zero-order valence-corrected chi connectivity index (χ0v) is 10.8. The van der Waals surface area contributed by atoms with Gasteiger partial charge in [-0.05, 0) is 38.7 Å². The summed E-state index contributed by atoms with van der Waals surface area (Å²) in [7, 11) is 0. The van der Waals surface area contributed by atoms with Gasteiger partial charge < -0.3 is 4.90 Å². The van der Waals surface area contributed by atoms with Crippen LogP contribution in [0.15, 0.2) is 11.4 Å². The molecule has 1 unspecified atom stereocenters. The first-order valence-electron chi connectivity index (χ1n) is 6.10. The van der Waals surface area contributed by atoms with Crippen molar-refractivity contribution in [3.8, 4) is 0 Å². The molecular formula is C13H19NOS. The summed E-state index contributed by atoms with van der Waals surface area (Å²) in [5.74, 6) is 0.225. The molecule has 0 saturated carbocycles. The number of thiophene rings is 1. The molecule has 1 aliphatic rings. The van der Waals surface area contributed by atoms with E-state index in [2.05, 4.69) is 13.8 Å². The molecule has 1 saturated heterocycles. The average Bonchev–Trinajstić information content (AvgIpc) is 2.77. The average molecular weight is 237 g/mol. The van der Waals surface area contributed by atoms with Crippen LogP contribution in [0.4, 0.5) is 0 Å². The summed E-state index contributed by atoms with van der Waals surface area (Å²) in [4.78, 5) is 15.6. The molecule has 0 spiro atoms. The van der Waals surface area contributed by atoms with Crippen LogP contribution in [0.5, 0.6) is 0 Å². The smallest absolute Gasteiger partial charge is 0.254 e. The summed E-state index contributed by atoms with van der Waals surface area (Å²) in [5, 5.41) is 2.00. The quantitative estimate of drug-likeness (QED) is 0.772. The van der Waals surface area contributed by atoms with Gasteiger partial charge in [-0.15, -0.1) is 11.3 Å². The Morgan fingerprint density at radius 1 is 1.56 bits per heavy atom. The normalized spacial score (nSPS) is 21.1. The highest BCUT2D eigenvalue weighted by Crippen LogP contribution is 2.22. The lowest BCUT2D eigenvalue weighted by molar-refractivity contribution is 0.0636. The van der Waals surface area contributed by atoms with E-state index >= 15 is 0 Å². The largest absolute Gasteiger partial charge is 0.336 e. The second-order valence-electron chi connectivity index (χ2n) is 4.50. The van der Waals surface area contributed by atoms with Crippen LogP contribution in [0.3, 0.4) is 0 Å². The van der Waals surface area contributed by atoms with Gasteiger partial charge in [-0.1, -0.05) is 6.92 Å². The molecular weight excluding hydrogens is 218 g/mol. The highest BCUT2D eigenvalue weighted by molar-refractivity contribution is 7.10. The molecule has 1 aromatic heterocycles. The highest BCUT2D eigenvalue weighted by atomic mass is 32.1. The van der Waals surface area contributed by atoms with Crippen LogP contribution in [0, 0.1) is 0 Å². The third kappa shape index (κ3) is 2.29.